The second-order valence-corrected chi connectivity index (χ2v) is 17.6. The van der Waals surface area contributed by atoms with E-state index in [1.54, 1.807) is 0 Å². The minimum absolute atomic E-state index is 0.0244. The summed E-state index contributed by atoms with van der Waals surface area (Å²) in [5, 5.41) is 72.1. The van der Waals surface area contributed by atoms with Crippen LogP contribution < -0.4 is 0 Å². The lowest BCUT2D eigenvalue weighted by Crippen LogP contribution is -2.61. The monoisotopic (exact) mass is 927 g/mol. The maximum absolute atomic E-state index is 13.0. The van der Waals surface area contributed by atoms with Crippen LogP contribution in [0.1, 0.15) is 168 Å². The molecule has 2 fully saturated rings. The van der Waals surface area contributed by atoms with Gasteiger partial charge in [0.25, 0.3) is 0 Å². The van der Waals surface area contributed by atoms with Crippen LogP contribution in [0.15, 0.2) is 48.6 Å². The molecule has 0 bridgehead atoms. The van der Waals surface area contributed by atoms with Crippen LogP contribution in [0.4, 0.5) is 0 Å². The van der Waals surface area contributed by atoms with Crippen LogP contribution in [0.3, 0.4) is 0 Å². The van der Waals surface area contributed by atoms with Crippen LogP contribution in [0, 0.1) is 0 Å². The minimum Gasteiger partial charge on any atom is -0.457 e. The van der Waals surface area contributed by atoms with Gasteiger partial charge in [0, 0.05) is 13.0 Å². The van der Waals surface area contributed by atoms with Crippen molar-refractivity contribution in [1.29, 1.82) is 0 Å². The van der Waals surface area contributed by atoms with Crippen LogP contribution in [-0.4, -0.2) is 142 Å². The van der Waals surface area contributed by atoms with E-state index in [2.05, 4.69) is 62.5 Å². The Bertz CT molecular complexity index is 1260. The molecule has 0 aliphatic carbocycles. The highest BCUT2D eigenvalue weighted by Crippen LogP contribution is 2.26. The van der Waals surface area contributed by atoms with Crippen molar-refractivity contribution in [2.24, 2.45) is 0 Å². The van der Waals surface area contributed by atoms with Gasteiger partial charge in [-0.25, -0.2) is 0 Å². The molecule has 2 aliphatic heterocycles. The van der Waals surface area contributed by atoms with Gasteiger partial charge in [-0.1, -0.05) is 165 Å². The predicted octanol–water partition coefficient (Wildman–Crippen LogP) is 7.18. The summed E-state index contributed by atoms with van der Waals surface area (Å²) in [6.07, 6.45) is 27.6. The van der Waals surface area contributed by atoms with E-state index in [1.165, 1.54) is 83.5 Å². The molecule has 0 saturated carbocycles. The maximum Gasteiger partial charge on any atom is 0.306 e. The second-order valence-electron chi connectivity index (χ2n) is 17.6. The number of aliphatic hydroxyl groups excluding tert-OH is 7. The summed E-state index contributed by atoms with van der Waals surface area (Å²) < 4.78 is 34.2. The van der Waals surface area contributed by atoms with E-state index in [-0.39, 0.29) is 19.6 Å². The standard InChI is InChI=1S/C51H90O14/c1-3-5-7-9-11-13-15-17-19-20-21-22-24-26-28-30-32-34-43(53)63-40(37-60-35-33-31-29-27-25-23-18-16-14-12-10-8-6-4-2)38-61-50-49(59)47(57)45(55)42(65-50)39-62-51-48(58)46(56)44(54)41(36-52)64-51/h6,8,12,14,18,23,27,29,40-42,44-52,54-59H,3-5,7,9-11,13,15-17,19-22,24-26,28,30-39H2,1-2H3/b8-6-,14-12-,23-18-,29-27-. The molecule has 0 radical (unpaired) electrons. The van der Waals surface area contributed by atoms with Crippen molar-refractivity contribution >= 4 is 5.97 Å². The number of unbranched alkanes of at least 4 members (excludes halogenated alkanes) is 17. The Morgan fingerprint density at radius 3 is 1.51 bits per heavy atom. The van der Waals surface area contributed by atoms with Gasteiger partial charge >= 0.3 is 5.97 Å². The topological polar surface area (TPSA) is 214 Å². The molecule has 0 aromatic rings. The number of aliphatic hydroxyl groups is 7. The maximum atomic E-state index is 13.0. The van der Waals surface area contributed by atoms with Crippen molar-refractivity contribution in [3.05, 3.63) is 48.6 Å². The molecule has 2 rings (SSSR count). The lowest BCUT2D eigenvalue weighted by molar-refractivity contribution is -0.332. The van der Waals surface area contributed by atoms with E-state index in [4.69, 9.17) is 28.4 Å². The first kappa shape index (κ1) is 59.1. The molecule has 0 spiro atoms. The number of hydrogen-bond donors (Lipinski definition) is 7. The van der Waals surface area contributed by atoms with E-state index in [0.717, 1.165) is 57.8 Å². The average molecular weight is 927 g/mol. The van der Waals surface area contributed by atoms with Gasteiger partial charge in [-0.3, -0.25) is 4.79 Å². The molecule has 2 saturated heterocycles. The van der Waals surface area contributed by atoms with Gasteiger partial charge < -0.3 is 64.2 Å². The summed E-state index contributed by atoms with van der Waals surface area (Å²) in [5.41, 5.74) is 0. The summed E-state index contributed by atoms with van der Waals surface area (Å²) >= 11 is 0. The van der Waals surface area contributed by atoms with E-state index in [0.29, 0.717) is 13.0 Å². The third kappa shape index (κ3) is 26.9. The highest BCUT2D eigenvalue weighted by atomic mass is 16.7. The quantitative estimate of drug-likeness (QED) is 0.0185. The van der Waals surface area contributed by atoms with Gasteiger partial charge in [0.1, 0.15) is 54.9 Å². The lowest BCUT2D eigenvalue weighted by Gasteiger charge is -2.42. The Hall–Kier alpha value is -2.05. The highest BCUT2D eigenvalue weighted by molar-refractivity contribution is 5.69. The number of rotatable bonds is 39. The molecule has 14 nitrogen and oxygen atoms in total. The van der Waals surface area contributed by atoms with E-state index < -0.39 is 86.7 Å². The fraction of sp³-hybridized carbons (Fsp3) is 0.824. The third-order valence-corrected chi connectivity index (χ3v) is 11.9. The van der Waals surface area contributed by atoms with Gasteiger partial charge in [-0.05, 0) is 44.9 Å². The molecule has 378 valence electrons. The van der Waals surface area contributed by atoms with Crippen LogP contribution in [0.2, 0.25) is 0 Å². The highest BCUT2D eigenvalue weighted by Gasteiger charge is 2.47. The number of carbonyl (C=O) groups excluding carboxylic acids is 1. The van der Waals surface area contributed by atoms with Crippen molar-refractivity contribution in [2.75, 3.05) is 33.0 Å². The first-order chi connectivity index (χ1) is 31.6. The Morgan fingerprint density at radius 2 is 0.985 bits per heavy atom. The predicted molar refractivity (Wildman–Crippen MR) is 252 cm³/mol. The van der Waals surface area contributed by atoms with Gasteiger partial charge in [0.2, 0.25) is 0 Å². The summed E-state index contributed by atoms with van der Waals surface area (Å²) in [6.45, 7) is 3.43. The zero-order valence-corrected chi connectivity index (χ0v) is 40.0. The molecule has 0 aromatic carbocycles. The Kier molecular flexibility index (Phi) is 35.3. The molecular weight excluding hydrogens is 837 g/mol. The SMILES string of the molecule is CC/C=C\C/C=C\C/C=C\C/C=C\CCCOCC(COC1OC(COC2OC(CO)C(O)C(O)C2O)C(O)C(O)C1O)OC(=O)CCCCCCCCCCCCCCCCCCC. The average Bonchev–Trinajstić information content (AvgIpc) is 3.30. The Morgan fingerprint density at radius 1 is 0.523 bits per heavy atom. The molecule has 2 aliphatic rings. The van der Waals surface area contributed by atoms with Crippen molar-refractivity contribution in [2.45, 2.75) is 235 Å². The van der Waals surface area contributed by atoms with Crippen LogP contribution in [0.25, 0.3) is 0 Å². The lowest BCUT2D eigenvalue weighted by atomic mass is 9.98. The second kappa shape index (κ2) is 38.9. The largest absolute Gasteiger partial charge is 0.457 e. The minimum atomic E-state index is -1.72. The van der Waals surface area contributed by atoms with Crippen molar-refractivity contribution in [3.8, 4) is 0 Å². The number of allylic oxidation sites excluding steroid dienone is 8. The molecule has 0 aromatic heterocycles. The molecule has 2 heterocycles. The molecule has 11 atom stereocenters. The van der Waals surface area contributed by atoms with Gasteiger partial charge in [0.15, 0.2) is 12.6 Å². The molecule has 14 heteroatoms. The first-order valence-corrected chi connectivity index (χ1v) is 25.2. The van der Waals surface area contributed by atoms with E-state index >= 15 is 0 Å². The van der Waals surface area contributed by atoms with Gasteiger partial charge in [0.05, 0.1) is 26.4 Å². The number of esters is 1. The van der Waals surface area contributed by atoms with Gasteiger partial charge in [-0.2, -0.15) is 0 Å². The van der Waals surface area contributed by atoms with Gasteiger partial charge in [-0.15, -0.1) is 0 Å². The van der Waals surface area contributed by atoms with E-state index in [1.807, 2.05) is 0 Å². The molecule has 65 heavy (non-hydrogen) atoms. The van der Waals surface area contributed by atoms with Crippen molar-refractivity contribution < 1.29 is 69.0 Å². The number of carbonyl (C=O) groups is 1. The van der Waals surface area contributed by atoms with E-state index in [9.17, 15) is 40.5 Å². The van der Waals surface area contributed by atoms with Crippen LogP contribution >= 0.6 is 0 Å². The van der Waals surface area contributed by atoms with Crippen LogP contribution in [0.5, 0.6) is 0 Å². The molecule has 7 N–H and O–H groups in total. The molecular formula is C51H90O14. The first-order valence-electron chi connectivity index (χ1n) is 25.2. The fourth-order valence-corrected chi connectivity index (χ4v) is 7.76. The Balaban J connectivity index is 1.79. The Labute approximate surface area is 391 Å². The fourth-order valence-electron chi connectivity index (χ4n) is 7.76. The number of hydrogen-bond acceptors (Lipinski definition) is 14. The summed E-state index contributed by atoms with van der Waals surface area (Å²) in [4.78, 5) is 13.0. The molecule has 0 amide bonds. The summed E-state index contributed by atoms with van der Waals surface area (Å²) in [6, 6.07) is 0. The normalized spacial score (nSPS) is 26.9. The zero-order valence-electron chi connectivity index (χ0n) is 40.0. The third-order valence-electron chi connectivity index (χ3n) is 11.9. The van der Waals surface area contributed by atoms with Crippen molar-refractivity contribution in [1.82, 2.24) is 0 Å². The summed E-state index contributed by atoms with van der Waals surface area (Å²) in [5.74, 6) is -0.394. The van der Waals surface area contributed by atoms with Crippen LogP contribution in [-0.2, 0) is 33.2 Å². The smallest absolute Gasteiger partial charge is 0.306 e. The molecule has 11 unspecified atom stereocenters. The number of ether oxygens (including phenoxy) is 6. The van der Waals surface area contributed by atoms with Crippen molar-refractivity contribution in [3.63, 3.8) is 0 Å². The zero-order chi connectivity index (χ0) is 47.3. The summed E-state index contributed by atoms with van der Waals surface area (Å²) in [7, 11) is 0.